The van der Waals surface area contributed by atoms with Gasteiger partial charge in [0.1, 0.15) is 5.82 Å². The fourth-order valence-corrected chi connectivity index (χ4v) is 5.41. The number of nitrogens with two attached hydrogens (primary N) is 1. The van der Waals surface area contributed by atoms with E-state index < -0.39 is 27.2 Å². The van der Waals surface area contributed by atoms with Crippen LogP contribution in [0.4, 0.5) is 5.82 Å². The number of sulfonamides is 1. The van der Waals surface area contributed by atoms with Crippen molar-refractivity contribution in [1.82, 2.24) is 9.29 Å². The number of anilines is 1. The number of thiol groups is 1. The first-order valence-corrected chi connectivity index (χ1v) is 13.3. The van der Waals surface area contributed by atoms with E-state index in [1.807, 2.05) is 36.4 Å². The first-order chi connectivity index (χ1) is 16.7. The molecule has 9 heteroatoms. The minimum Gasteiger partial charge on any atom is -0.481 e. The van der Waals surface area contributed by atoms with Crippen molar-refractivity contribution in [2.24, 2.45) is 5.92 Å². The van der Waals surface area contributed by atoms with Crippen molar-refractivity contribution in [3.8, 4) is 0 Å². The third-order valence-corrected chi connectivity index (χ3v) is 8.45. The standard InChI is InChI=1S/C26H31N3O4S2/c1-29(15-14-19-6-3-2-4-7-19)35(32,33)22-9-5-8-20(16-22)10-12-24(34)23(26(30)31)17-21-11-13-25(27)28-18-21/h2-9,11,13,16,18,23-24,34H,10,12,14-15,17H2,1H3,(H2,27,28)(H,30,31). The Morgan fingerprint density at radius 2 is 1.74 bits per heavy atom. The van der Waals surface area contributed by atoms with Crippen molar-refractivity contribution in [2.75, 3.05) is 19.3 Å². The van der Waals surface area contributed by atoms with Gasteiger partial charge in [-0.15, -0.1) is 0 Å². The van der Waals surface area contributed by atoms with Gasteiger partial charge >= 0.3 is 5.97 Å². The summed E-state index contributed by atoms with van der Waals surface area (Å²) in [5, 5.41) is 9.30. The minimum absolute atomic E-state index is 0.226. The molecule has 2 atom stereocenters. The number of pyridine rings is 1. The van der Waals surface area contributed by atoms with Crippen molar-refractivity contribution < 1.29 is 18.3 Å². The van der Waals surface area contributed by atoms with Crippen LogP contribution in [0.15, 0.2) is 77.8 Å². The van der Waals surface area contributed by atoms with Crippen LogP contribution >= 0.6 is 12.6 Å². The van der Waals surface area contributed by atoms with Gasteiger partial charge in [-0.2, -0.15) is 12.6 Å². The van der Waals surface area contributed by atoms with Crippen molar-refractivity contribution in [2.45, 2.75) is 35.8 Å². The van der Waals surface area contributed by atoms with Crippen LogP contribution in [-0.4, -0.2) is 47.6 Å². The average Bonchev–Trinajstić information content (AvgIpc) is 2.86. The van der Waals surface area contributed by atoms with Crippen LogP contribution in [0.25, 0.3) is 0 Å². The van der Waals surface area contributed by atoms with Crippen LogP contribution in [-0.2, 0) is 34.1 Å². The van der Waals surface area contributed by atoms with Crippen molar-refractivity contribution in [3.63, 3.8) is 0 Å². The van der Waals surface area contributed by atoms with Gasteiger partial charge in [-0.05, 0) is 60.6 Å². The number of carboxylic acid groups (broad SMARTS) is 1. The second-order valence-corrected chi connectivity index (χ2v) is 11.3. The van der Waals surface area contributed by atoms with Gasteiger partial charge in [0.25, 0.3) is 0 Å². The molecule has 0 bridgehead atoms. The zero-order chi connectivity index (χ0) is 25.4. The molecule has 1 heterocycles. The van der Waals surface area contributed by atoms with Gasteiger partial charge in [0.05, 0.1) is 10.8 Å². The number of hydrogen-bond acceptors (Lipinski definition) is 6. The molecule has 2 unspecified atom stereocenters. The highest BCUT2D eigenvalue weighted by Gasteiger charge is 2.26. The number of likely N-dealkylation sites (N-methyl/N-ethyl adjacent to an activating group) is 1. The molecule has 186 valence electrons. The summed E-state index contributed by atoms with van der Waals surface area (Å²) in [6.07, 6.45) is 3.48. The molecule has 0 amide bonds. The van der Waals surface area contributed by atoms with E-state index in [0.29, 0.717) is 31.6 Å². The number of benzene rings is 2. The predicted molar refractivity (Wildman–Crippen MR) is 141 cm³/mol. The molecule has 0 fully saturated rings. The lowest BCUT2D eigenvalue weighted by Crippen LogP contribution is -2.29. The van der Waals surface area contributed by atoms with E-state index in [1.54, 1.807) is 43.6 Å². The van der Waals surface area contributed by atoms with Gasteiger partial charge in [0, 0.05) is 25.0 Å². The molecule has 0 radical (unpaired) electrons. The topological polar surface area (TPSA) is 114 Å². The molecule has 0 aliphatic carbocycles. The van der Waals surface area contributed by atoms with E-state index in [4.69, 9.17) is 5.73 Å². The van der Waals surface area contributed by atoms with E-state index >= 15 is 0 Å². The fraction of sp³-hybridized carbons (Fsp3) is 0.308. The second-order valence-electron chi connectivity index (χ2n) is 8.56. The summed E-state index contributed by atoms with van der Waals surface area (Å²) < 4.78 is 27.5. The summed E-state index contributed by atoms with van der Waals surface area (Å²) in [5.74, 6) is -1.26. The molecule has 35 heavy (non-hydrogen) atoms. The Morgan fingerprint density at radius 1 is 1.03 bits per heavy atom. The molecule has 0 aliphatic heterocycles. The molecule has 1 aromatic heterocycles. The highest BCUT2D eigenvalue weighted by atomic mass is 32.2. The van der Waals surface area contributed by atoms with Crippen LogP contribution in [0.2, 0.25) is 0 Å². The summed E-state index contributed by atoms with van der Waals surface area (Å²) in [7, 11) is -2.06. The number of aromatic nitrogens is 1. The number of nitrogen functional groups attached to an aromatic ring is 1. The third kappa shape index (κ3) is 7.55. The predicted octanol–water partition coefficient (Wildman–Crippen LogP) is 3.70. The van der Waals surface area contributed by atoms with E-state index in [1.165, 1.54) is 4.31 Å². The Balaban J connectivity index is 1.63. The van der Waals surface area contributed by atoms with Crippen molar-refractivity contribution in [3.05, 3.63) is 89.6 Å². The first kappa shape index (κ1) is 26.7. The lowest BCUT2D eigenvalue weighted by molar-refractivity contribution is -0.141. The molecule has 2 aromatic carbocycles. The Kier molecular flexibility index (Phi) is 9.31. The summed E-state index contributed by atoms with van der Waals surface area (Å²) in [5.41, 5.74) is 8.28. The highest BCUT2D eigenvalue weighted by Crippen LogP contribution is 2.23. The van der Waals surface area contributed by atoms with E-state index in [-0.39, 0.29) is 11.3 Å². The number of carbonyl (C=O) groups is 1. The van der Waals surface area contributed by atoms with Gasteiger partial charge in [-0.1, -0.05) is 48.5 Å². The Morgan fingerprint density at radius 3 is 2.40 bits per heavy atom. The molecular weight excluding hydrogens is 482 g/mol. The van der Waals surface area contributed by atoms with E-state index in [9.17, 15) is 18.3 Å². The maximum absolute atomic E-state index is 13.1. The monoisotopic (exact) mass is 513 g/mol. The van der Waals surface area contributed by atoms with Crippen LogP contribution < -0.4 is 5.73 Å². The molecule has 3 rings (SSSR count). The normalized spacial score (nSPS) is 13.5. The molecular formula is C26H31N3O4S2. The molecule has 3 N–H and O–H groups in total. The summed E-state index contributed by atoms with van der Waals surface area (Å²) in [6, 6.07) is 20.0. The average molecular weight is 514 g/mol. The number of hydrogen-bond donors (Lipinski definition) is 3. The lowest BCUT2D eigenvalue weighted by atomic mass is 9.93. The maximum atomic E-state index is 13.1. The quantitative estimate of drug-likeness (QED) is 0.318. The van der Waals surface area contributed by atoms with Gasteiger partial charge in [-0.3, -0.25) is 4.79 Å². The van der Waals surface area contributed by atoms with Gasteiger partial charge < -0.3 is 10.8 Å². The summed E-state index contributed by atoms with van der Waals surface area (Å²) >= 11 is 4.57. The maximum Gasteiger partial charge on any atom is 0.307 e. The zero-order valence-corrected chi connectivity index (χ0v) is 21.3. The van der Waals surface area contributed by atoms with E-state index in [2.05, 4.69) is 17.6 Å². The van der Waals surface area contributed by atoms with Crippen molar-refractivity contribution >= 4 is 34.4 Å². The number of carboxylic acids is 1. The largest absolute Gasteiger partial charge is 0.481 e. The van der Waals surface area contributed by atoms with E-state index in [0.717, 1.165) is 16.7 Å². The molecule has 0 aliphatic rings. The van der Waals surface area contributed by atoms with Gasteiger partial charge in [-0.25, -0.2) is 17.7 Å². The van der Waals surface area contributed by atoms with Crippen LogP contribution in [0.1, 0.15) is 23.1 Å². The van der Waals surface area contributed by atoms with Gasteiger partial charge in [0.15, 0.2) is 0 Å². The number of aryl methyl sites for hydroxylation is 1. The minimum atomic E-state index is -3.64. The molecule has 0 spiro atoms. The zero-order valence-electron chi connectivity index (χ0n) is 19.6. The number of aliphatic carboxylic acids is 1. The van der Waals surface area contributed by atoms with Crippen LogP contribution in [0.5, 0.6) is 0 Å². The molecule has 3 aromatic rings. The highest BCUT2D eigenvalue weighted by molar-refractivity contribution is 7.89. The summed E-state index contributed by atoms with van der Waals surface area (Å²) in [4.78, 5) is 16.1. The Bertz CT molecular complexity index is 1220. The van der Waals surface area contributed by atoms with Gasteiger partial charge in [0.2, 0.25) is 10.0 Å². The molecule has 0 saturated carbocycles. The van der Waals surface area contributed by atoms with Crippen LogP contribution in [0.3, 0.4) is 0 Å². The first-order valence-electron chi connectivity index (χ1n) is 11.4. The van der Waals surface area contributed by atoms with Crippen LogP contribution in [0, 0.1) is 5.92 Å². The SMILES string of the molecule is CN(CCc1ccccc1)S(=O)(=O)c1cccc(CCC(S)C(Cc2ccc(N)nc2)C(=O)O)c1. The number of rotatable bonds is 12. The lowest BCUT2D eigenvalue weighted by Gasteiger charge is -2.20. The second kappa shape index (κ2) is 12.2. The smallest absolute Gasteiger partial charge is 0.307 e. The Labute approximate surface area is 212 Å². The Hall–Kier alpha value is -2.88. The number of nitrogens with zero attached hydrogens (tertiary/aromatic N) is 2. The third-order valence-electron chi connectivity index (χ3n) is 5.98. The van der Waals surface area contributed by atoms with Crippen molar-refractivity contribution in [1.29, 1.82) is 0 Å². The fourth-order valence-electron chi connectivity index (χ4n) is 3.81. The molecule has 7 nitrogen and oxygen atoms in total. The summed E-state index contributed by atoms with van der Waals surface area (Å²) in [6.45, 7) is 0.371. The molecule has 0 saturated heterocycles.